The summed E-state index contributed by atoms with van der Waals surface area (Å²) in [6.07, 6.45) is -0.261. The van der Waals surface area contributed by atoms with Crippen LogP contribution in [0.2, 0.25) is 0 Å². The van der Waals surface area contributed by atoms with Gasteiger partial charge in [-0.3, -0.25) is 8.78 Å². The van der Waals surface area contributed by atoms with Crippen LogP contribution in [-0.4, -0.2) is 29.7 Å². The van der Waals surface area contributed by atoms with Gasteiger partial charge >= 0.3 is 6.36 Å². The number of alkyl halides is 3. The summed E-state index contributed by atoms with van der Waals surface area (Å²) in [7, 11) is 0. The molecule has 0 spiro atoms. The van der Waals surface area contributed by atoms with Gasteiger partial charge in [-0.25, -0.2) is 9.97 Å². The van der Waals surface area contributed by atoms with Crippen LogP contribution in [-0.2, 0) is 16.8 Å². The minimum Gasteiger partial charge on any atom is -0.772 e. The quantitative estimate of drug-likeness (QED) is 0.633. The molecule has 0 N–H and O–H groups in total. The van der Waals surface area contributed by atoms with E-state index in [1.807, 2.05) is 0 Å². The van der Waals surface area contributed by atoms with E-state index in [4.69, 9.17) is 0 Å². The van der Waals surface area contributed by atoms with Gasteiger partial charge in [0, 0.05) is 17.5 Å². The van der Waals surface area contributed by atoms with Crippen molar-refractivity contribution in [2.24, 2.45) is 0 Å². The predicted molar refractivity (Wildman–Crippen MR) is 86.1 cm³/mol. The summed E-state index contributed by atoms with van der Waals surface area (Å²) >= 11 is -2.20. The Morgan fingerprint density at radius 3 is 2.42 bits per heavy atom. The Bertz CT molecular complexity index is 909. The van der Waals surface area contributed by atoms with Crippen molar-refractivity contribution in [3.63, 3.8) is 0 Å². The fourth-order valence-corrected chi connectivity index (χ4v) is 2.74. The zero-order chi connectivity index (χ0) is 18.7. The van der Waals surface area contributed by atoms with Crippen molar-refractivity contribution in [3.8, 4) is 22.8 Å². The minimum atomic E-state index is -4.75. The van der Waals surface area contributed by atoms with Gasteiger partial charge in [0.1, 0.15) is 17.9 Å². The molecule has 0 aliphatic rings. The molecule has 1 unspecified atom stereocenters. The van der Waals surface area contributed by atoms with Gasteiger partial charge < -0.3 is 9.29 Å². The van der Waals surface area contributed by atoms with E-state index in [1.54, 1.807) is 22.9 Å². The van der Waals surface area contributed by atoms with Gasteiger partial charge in [0.05, 0.1) is 11.9 Å². The van der Waals surface area contributed by atoms with Gasteiger partial charge in [-0.15, -0.1) is 13.2 Å². The molecule has 0 saturated heterocycles. The number of hydrogen-bond acceptors (Lipinski definition) is 5. The fourth-order valence-electron chi connectivity index (χ4n) is 2.30. The highest BCUT2D eigenvalue weighted by atomic mass is 32.2. The Balaban J connectivity index is 1.85. The van der Waals surface area contributed by atoms with E-state index in [2.05, 4.69) is 14.7 Å². The fraction of sp³-hybridized carbons (Fsp3) is 0.125. The normalized spacial score (nSPS) is 12.8. The molecule has 1 atom stereocenters. The molecule has 0 aliphatic heterocycles. The lowest BCUT2D eigenvalue weighted by atomic mass is 10.1. The first kappa shape index (κ1) is 18.1. The van der Waals surface area contributed by atoms with Gasteiger partial charge in [0.15, 0.2) is 0 Å². The third kappa shape index (κ3) is 4.46. The van der Waals surface area contributed by atoms with Gasteiger partial charge in [-0.05, 0) is 35.9 Å². The molecule has 2 aromatic heterocycles. The van der Waals surface area contributed by atoms with Crippen LogP contribution < -0.4 is 4.74 Å². The standard InChI is InChI=1S/C16H12F3N3O3S/c17-16(18,19)25-13-4-2-12(3-5-13)14-8-20-10-22(14)15-6-1-11(7-21-15)9-26(23)24/h1-8,10H,9H2,(H,23,24)/p-1. The van der Waals surface area contributed by atoms with Crippen molar-refractivity contribution >= 4 is 11.1 Å². The van der Waals surface area contributed by atoms with Gasteiger partial charge in [-0.2, -0.15) is 0 Å². The van der Waals surface area contributed by atoms with Crippen LogP contribution in [0.15, 0.2) is 55.1 Å². The zero-order valence-corrected chi connectivity index (χ0v) is 13.8. The average Bonchev–Trinajstić information content (AvgIpc) is 3.04. The number of pyridine rings is 1. The van der Waals surface area contributed by atoms with Gasteiger partial charge in [-0.1, -0.05) is 17.1 Å². The third-order valence-corrected chi connectivity index (χ3v) is 3.93. The molecule has 3 rings (SSSR count). The summed E-state index contributed by atoms with van der Waals surface area (Å²) in [6, 6.07) is 8.63. The van der Waals surface area contributed by atoms with E-state index in [0.29, 0.717) is 22.6 Å². The lowest BCUT2D eigenvalue weighted by molar-refractivity contribution is -0.274. The molecular formula is C16H11F3N3O3S-. The van der Waals surface area contributed by atoms with Crippen LogP contribution in [0.4, 0.5) is 13.2 Å². The monoisotopic (exact) mass is 382 g/mol. The number of aromatic nitrogens is 3. The summed E-state index contributed by atoms with van der Waals surface area (Å²) in [5.41, 5.74) is 1.76. The highest BCUT2D eigenvalue weighted by Crippen LogP contribution is 2.27. The summed E-state index contributed by atoms with van der Waals surface area (Å²) in [5, 5.41) is 0. The molecule has 10 heteroatoms. The average molecular weight is 382 g/mol. The number of benzene rings is 1. The molecule has 0 saturated carbocycles. The first-order valence-electron chi connectivity index (χ1n) is 7.21. The second-order valence-electron chi connectivity index (χ2n) is 5.19. The molecule has 26 heavy (non-hydrogen) atoms. The van der Waals surface area contributed by atoms with Crippen LogP contribution in [0, 0.1) is 0 Å². The van der Waals surface area contributed by atoms with Crippen molar-refractivity contribution in [2.75, 3.05) is 0 Å². The maximum Gasteiger partial charge on any atom is 0.573 e. The van der Waals surface area contributed by atoms with E-state index in [1.165, 1.54) is 36.8 Å². The van der Waals surface area contributed by atoms with E-state index in [-0.39, 0.29) is 11.5 Å². The van der Waals surface area contributed by atoms with Crippen molar-refractivity contribution in [3.05, 3.63) is 60.7 Å². The molecule has 0 fully saturated rings. The zero-order valence-electron chi connectivity index (χ0n) is 13.0. The van der Waals surface area contributed by atoms with Crippen LogP contribution in [0.25, 0.3) is 17.1 Å². The number of halogens is 3. The van der Waals surface area contributed by atoms with Crippen molar-refractivity contribution in [1.29, 1.82) is 0 Å². The molecule has 0 aliphatic carbocycles. The molecule has 136 valence electrons. The summed E-state index contributed by atoms with van der Waals surface area (Å²) in [6.45, 7) is 0. The molecule has 2 heterocycles. The van der Waals surface area contributed by atoms with Crippen molar-refractivity contribution < 1.29 is 26.7 Å². The molecule has 0 bridgehead atoms. The highest BCUT2D eigenvalue weighted by molar-refractivity contribution is 7.78. The highest BCUT2D eigenvalue weighted by Gasteiger charge is 2.31. The topological polar surface area (TPSA) is 80.1 Å². The number of nitrogens with zero attached hydrogens (tertiary/aromatic N) is 3. The second-order valence-corrected chi connectivity index (χ2v) is 6.09. The van der Waals surface area contributed by atoms with E-state index in [9.17, 15) is 21.9 Å². The maximum absolute atomic E-state index is 12.2. The summed E-state index contributed by atoms with van der Waals surface area (Å²) in [5.74, 6) is 0.0408. The minimum absolute atomic E-state index is 0.134. The smallest absolute Gasteiger partial charge is 0.573 e. The van der Waals surface area contributed by atoms with E-state index >= 15 is 0 Å². The molecule has 3 aromatic rings. The molecule has 6 nitrogen and oxygen atoms in total. The SMILES string of the molecule is O=S([O-])Cc1ccc(-n2cncc2-c2ccc(OC(F)(F)F)cc2)nc1. The van der Waals surface area contributed by atoms with Crippen molar-refractivity contribution in [1.82, 2.24) is 14.5 Å². The Hall–Kier alpha value is -2.72. The van der Waals surface area contributed by atoms with Crippen LogP contribution in [0.5, 0.6) is 5.75 Å². The van der Waals surface area contributed by atoms with Crippen LogP contribution in [0.3, 0.4) is 0 Å². The predicted octanol–water partition coefficient (Wildman–Crippen LogP) is 3.21. The largest absolute Gasteiger partial charge is 0.772 e. The first-order valence-corrected chi connectivity index (χ1v) is 8.46. The Kier molecular flexibility index (Phi) is 5.05. The number of ether oxygens (including phenoxy) is 1. The van der Waals surface area contributed by atoms with Gasteiger partial charge in [0.2, 0.25) is 0 Å². The van der Waals surface area contributed by atoms with Gasteiger partial charge in [0.25, 0.3) is 0 Å². The Morgan fingerprint density at radius 2 is 1.85 bits per heavy atom. The lowest BCUT2D eigenvalue weighted by Crippen LogP contribution is -2.16. The van der Waals surface area contributed by atoms with E-state index in [0.717, 1.165) is 0 Å². The Morgan fingerprint density at radius 1 is 1.12 bits per heavy atom. The number of hydrogen-bond donors (Lipinski definition) is 0. The Labute approximate surface area is 148 Å². The second kappa shape index (κ2) is 7.26. The number of rotatable bonds is 5. The first-order chi connectivity index (χ1) is 12.3. The van der Waals surface area contributed by atoms with E-state index < -0.39 is 17.4 Å². The van der Waals surface area contributed by atoms with Crippen LogP contribution >= 0.6 is 0 Å². The molecule has 0 radical (unpaired) electrons. The lowest BCUT2D eigenvalue weighted by Gasteiger charge is -2.11. The third-order valence-electron chi connectivity index (χ3n) is 3.36. The van der Waals surface area contributed by atoms with Crippen LogP contribution in [0.1, 0.15) is 5.56 Å². The molecule has 0 amide bonds. The number of imidazole rings is 1. The molecular weight excluding hydrogens is 371 g/mol. The summed E-state index contributed by atoms with van der Waals surface area (Å²) < 4.78 is 63.6. The summed E-state index contributed by atoms with van der Waals surface area (Å²) in [4.78, 5) is 8.24. The van der Waals surface area contributed by atoms with Crippen molar-refractivity contribution in [2.45, 2.75) is 12.1 Å². The maximum atomic E-state index is 12.2. The molecule has 1 aromatic carbocycles.